The van der Waals surface area contributed by atoms with Crippen molar-refractivity contribution in [2.45, 2.75) is 53.0 Å². The van der Waals surface area contributed by atoms with Gasteiger partial charge in [0.2, 0.25) is 0 Å². The maximum atomic E-state index is 4.31. The van der Waals surface area contributed by atoms with Gasteiger partial charge in [-0.25, -0.2) is 0 Å². The van der Waals surface area contributed by atoms with Crippen LogP contribution in [0.5, 0.6) is 0 Å². The normalized spacial score (nSPS) is 12.4. The van der Waals surface area contributed by atoms with Gasteiger partial charge < -0.3 is 5.32 Å². The van der Waals surface area contributed by atoms with Crippen molar-refractivity contribution in [3.8, 4) is 0 Å². The zero-order valence-electron chi connectivity index (χ0n) is 12.1. The van der Waals surface area contributed by atoms with Crippen molar-refractivity contribution < 1.29 is 0 Å². The third-order valence-electron chi connectivity index (χ3n) is 3.18. The Morgan fingerprint density at radius 1 is 1.33 bits per heavy atom. The molecule has 0 saturated heterocycles. The minimum atomic E-state index is 0.312. The van der Waals surface area contributed by atoms with Crippen LogP contribution in [0.1, 0.15) is 56.6 Å². The molecular weight excluding hydrogens is 222 g/mol. The van der Waals surface area contributed by atoms with Crippen LogP contribution >= 0.6 is 0 Å². The van der Waals surface area contributed by atoms with Crippen LogP contribution in [-0.4, -0.2) is 16.7 Å². The Kier molecular flexibility index (Phi) is 5.99. The minimum absolute atomic E-state index is 0.312. The topological polar surface area (TPSA) is 37.8 Å². The highest BCUT2D eigenvalue weighted by Crippen LogP contribution is 2.24. The number of hydrogen-bond acceptors (Lipinski definition) is 3. The lowest BCUT2D eigenvalue weighted by molar-refractivity contribution is 0.533. The van der Waals surface area contributed by atoms with E-state index in [1.807, 2.05) is 6.92 Å². The Morgan fingerprint density at radius 3 is 2.61 bits per heavy atom. The SMILES string of the molecule is C=C(CC)CC(NCC)c1cc(C)nnc1CC. The zero-order valence-corrected chi connectivity index (χ0v) is 12.1. The number of aryl methyl sites for hydroxylation is 2. The van der Waals surface area contributed by atoms with E-state index < -0.39 is 0 Å². The van der Waals surface area contributed by atoms with Gasteiger partial charge in [-0.05, 0) is 44.4 Å². The van der Waals surface area contributed by atoms with Gasteiger partial charge in [0, 0.05) is 6.04 Å². The molecule has 1 atom stereocenters. The van der Waals surface area contributed by atoms with Crippen LogP contribution in [0.3, 0.4) is 0 Å². The molecule has 3 heteroatoms. The van der Waals surface area contributed by atoms with Crippen molar-refractivity contribution in [3.05, 3.63) is 35.2 Å². The fourth-order valence-electron chi connectivity index (χ4n) is 2.08. The molecule has 0 fully saturated rings. The molecule has 18 heavy (non-hydrogen) atoms. The molecule has 100 valence electrons. The summed E-state index contributed by atoms with van der Waals surface area (Å²) in [4.78, 5) is 0. The predicted molar refractivity (Wildman–Crippen MR) is 76.6 cm³/mol. The molecule has 0 bridgehead atoms. The molecule has 0 aromatic carbocycles. The van der Waals surface area contributed by atoms with Gasteiger partial charge in [0.15, 0.2) is 0 Å². The van der Waals surface area contributed by atoms with Crippen LogP contribution < -0.4 is 5.32 Å². The Morgan fingerprint density at radius 2 is 2.06 bits per heavy atom. The number of nitrogens with one attached hydrogen (secondary N) is 1. The first-order valence-corrected chi connectivity index (χ1v) is 6.85. The molecule has 1 aromatic heterocycles. The molecule has 0 aliphatic carbocycles. The van der Waals surface area contributed by atoms with Crippen molar-refractivity contribution in [1.82, 2.24) is 15.5 Å². The van der Waals surface area contributed by atoms with Crippen LogP contribution in [0.15, 0.2) is 18.2 Å². The predicted octanol–water partition coefficient (Wildman–Crippen LogP) is 3.35. The average Bonchev–Trinajstić information content (AvgIpc) is 2.38. The molecule has 1 heterocycles. The first-order valence-electron chi connectivity index (χ1n) is 6.85. The van der Waals surface area contributed by atoms with E-state index in [0.717, 1.165) is 37.2 Å². The molecule has 3 nitrogen and oxygen atoms in total. The molecule has 0 spiro atoms. The van der Waals surface area contributed by atoms with Gasteiger partial charge >= 0.3 is 0 Å². The van der Waals surface area contributed by atoms with Gasteiger partial charge in [-0.3, -0.25) is 0 Å². The molecule has 0 saturated carbocycles. The lowest BCUT2D eigenvalue weighted by Crippen LogP contribution is -2.23. The van der Waals surface area contributed by atoms with Crippen LogP contribution in [0.2, 0.25) is 0 Å². The molecule has 1 N–H and O–H groups in total. The largest absolute Gasteiger partial charge is 0.310 e. The Hall–Kier alpha value is -1.22. The van der Waals surface area contributed by atoms with Gasteiger partial charge in [0.1, 0.15) is 0 Å². The number of aromatic nitrogens is 2. The Bertz CT molecular complexity index is 399. The third kappa shape index (κ3) is 3.91. The lowest BCUT2D eigenvalue weighted by Gasteiger charge is -2.21. The second-order valence-corrected chi connectivity index (χ2v) is 4.66. The molecular formula is C15H25N3. The summed E-state index contributed by atoms with van der Waals surface area (Å²) in [5, 5.41) is 12.0. The van der Waals surface area contributed by atoms with E-state index in [-0.39, 0.29) is 0 Å². The third-order valence-corrected chi connectivity index (χ3v) is 3.18. The van der Waals surface area contributed by atoms with Crippen LogP contribution in [0.4, 0.5) is 0 Å². The van der Waals surface area contributed by atoms with E-state index >= 15 is 0 Å². The number of hydrogen-bond donors (Lipinski definition) is 1. The van der Waals surface area contributed by atoms with Gasteiger partial charge in [-0.15, -0.1) is 0 Å². The standard InChI is InChI=1S/C15H25N3/c1-6-11(4)9-15(16-8-3)13-10-12(5)17-18-14(13)7-2/h10,15-16H,4,6-9H2,1-3,5H3. The van der Waals surface area contributed by atoms with Gasteiger partial charge in [-0.2, -0.15) is 10.2 Å². The highest BCUT2D eigenvalue weighted by Gasteiger charge is 2.16. The quantitative estimate of drug-likeness (QED) is 0.751. The summed E-state index contributed by atoms with van der Waals surface area (Å²) < 4.78 is 0. The first kappa shape index (κ1) is 14.8. The fraction of sp³-hybridized carbons (Fsp3) is 0.600. The summed E-state index contributed by atoms with van der Waals surface area (Å²) in [5.41, 5.74) is 4.63. The second-order valence-electron chi connectivity index (χ2n) is 4.66. The monoisotopic (exact) mass is 247 g/mol. The first-order chi connectivity index (χ1) is 8.62. The summed E-state index contributed by atoms with van der Waals surface area (Å²) in [5.74, 6) is 0. The highest BCUT2D eigenvalue weighted by molar-refractivity contribution is 5.26. The van der Waals surface area contributed by atoms with E-state index in [9.17, 15) is 0 Å². The van der Waals surface area contributed by atoms with E-state index in [0.29, 0.717) is 6.04 Å². The van der Waals surface area contributed by atoms with E-state index in [2.05, 4.69) is 48.9 Å². The van der Waals surface area contributed by atoms with Crippen molar-refractivity contribution in [2.24, 2.45) is 0 Å². The molecule has 0 aliphatic rings. The van der Waals surface area contributed by atoms with E-state index in [4.69, 9.17) is 0 Å². The smallest absolute Gasteiger partial charge is 0.0676 e. The van der Waals surface area contributed by atoms with Crippen LogP contribution in [-0.2, 0) is 6.42 Å². The Labute approximate surface area is 111 Å². The summed E-state index contributed by atoms with van der Waals surface area (Å²) in [6.45, 7) is 13.5. The van der Waals surface area contributed by atoms with Gasteiger partial charge in [-0.1, -0.05) is 32.9 Å². The lowest BCUT2D eigenvalue weighted by atomic mass is 9.96. The van der Waals surface area contributed by atoms with Crippen LogP contribution in [0.25, 0.3) is 0 Å². The van der Waals surface area contributed by atoms with Crippen molar-refractivity contribution in [2.75, 3.05) is 6.54 Å². The van der Waals surface area contributed by atoms with E-state index in [1.54, 1.807) is 0 Å². The van der Waals surface area contributed by atoms with Gasteiger partial charge in [0.25, 0.3) is 0 Å². The van der Waals surface area contributed by atoms with Gasteiger partial charge in [0.05, 0.1) is 11.4 Å². The zero-order chi connectivity index (χ0) is 13.5. The molecule has 0 radical (unpaired) electrons. The molecule has 1 aromatic rings. The molecule has 0 amide bonds. The molecule has 0 aliphatic heterocycles. The van der Waals surface area contributed by atoms with Crippen molar-refractivity contribution in [3.63, 3.8) is 0 Å². The summed E-state index contributed by atoms with van der Waals surface area (Å²) >= 11 is 0. The van der Waals surface area contributed by atoms with Crippen LogP contribution in [0, 0.1) is 6.92 Å². The minimum Gasteiger partial charge on any atom is -0.310 e. The molecule has 1 unspecified atom stereocenters. The molecule has 1 rings (SSSR count). The fourth-order valence-corrected chi connectivity index (χ4v) is 2.08. The second kappa shape index (κ2) is 7.27. The Balaban J connectivity index is 3.03. The van der Waals surface area contributed by atoms with E-state index in [1.165, 1.54) is 11.1 Å². The summed E-state index contributed by atoms with van der Waals surface area (Å²) in [6.07, 6.45) is 2.92. The highest BCUT2D eigenvalue weighted by atomic mass is 15.1. The number of rotatable bonds is 7. The van der Waals surface area contributed by atoms with Crippen molar-refractivity contribution in [1.29, 1.82) is 0 Å². The average molecular weight is 247 g/mol. The maximum Gasteiger partial charge on any atom is 0.0676 e. The number of nitrogens with zero attached hydrogens (tertiary/aromatic N) is 2. The summed E-state index contributed by atoms with van der Waals surface area (Å²) in [6, 6.07) is 2.47. The maximum absolute atomic E-state index is 4.31. The van der Waals surface area contributed by atoms with Crippen molar-refractivity contribution >= 4 is 0 Å². The summed E-state index contributed by atoms with van der Waals surface area (Å²) in [7, 11) is 0.